The second kappa shape index (κ2) is 10.8. The number of esters is 2. The zero-order chi connectivity index (χ0) is 16.2. The summed E-state index contributed by atoms with van der Waals surface area (Å²) >= 11 is 0. The van der Waals surface area contributed by atoms with Crippen LogP contribution in [0.25, 0.3) is 0 Å². The van der Waals surface area contributed by atoms with E-state index in [2.05, 4.69) is 10.1 Å². The fourth-order valence-corrected chi connectivity index (χ4v) is 2.34. The molecule has 0 aromatic heterocycles. The molecule has 0 atom stereocenters. The summed E-state index contributed by atoms with van der Waals surface area (Å²) in [5.74, 6) is -0.914. The van der Waals surface area contributed by atoms with Crippen LogP contribution in [0.2, 0.25) is 0 Å². The Kier molecular flexibility index (Phi) is 8.95. The highest BCUT2D eigenvalue weighted by atomic mass is 16.5. The molecule has 1 aliphatic rings. The Morgan fingerprint density at radius 2 is 1.68 bits per heavy atom. The Morgan fingerprint density at radius 1 is 1.05 bits per heavy atom. The molecule has 0 spiro atoms. The van der Waals surface area contributed by atoms with E-state index in [-0.39, 0.29) is 25.0 Å². The summed E-state index contributed by atoms with van der Waals surface area (Å²) in [5, 5.41) is 2.87. The van der Waals surface area contributed by atoms with Crippen molar-refractivity contribution in [3.05, 3.63) is 12.2 Å². The van der Waals surface area contributed by atoms with E-state index in [0.717, 1.165) is 37.8 Å². The Hall–Kier alpha value is -1.85. The normalized spacial score (nSPS) is 15.5. The van der Waals surface area contributed by atoms with Crippen molar-refractivity contribution in [3.63, 3.8) is 0 Å². The van der Waals surface area contributed by atoms with Gasteiger partial charge in [-0.25, -0.2) is 9.59 Å². The van der Waals surface area contributed by atoms with Gasteiger partial charge in [0, 0.05) is 24.6 Å². The quantitative estimate of drug-likeness (QED) is 0.419. The van der Waals surface area contributed by atoms with E-state index in [9.17, 15) is 14.4 Å². The molecule has 6 nitrogen and oxygen atoms in total. The molecule has 1 amide bonds. The van der Waals surface area contributed by atoms with Gasteiger partial charge in [-0.3, -0.25) is 4.79 Å². The first-order valence-electron chi connectivity index (χ1n) is 7.92. The summed E-state index contributed by atoms with van der Waals surface area (Å²) in [4.78, 5) is 34.1. The van der Waals surface area contributed by atoms with Gasteiger partial charge in [0.05, 0.1) is 13.2 Å². The third-order valence-corrected chi connectivity index (χ3v) is 3.48. The average molecular weight is 311 g/mol. The molecule has 124 valence electrons. The Labute approximate surface area is 131 Å². The zero-order valence-electron chi connectivity index (χ0n) is 13.1. The third-order valence-electron chi connectivity index (χ3n) is 3.48. The number of carbonyl (C=O) groups is 3. The summed E-state index contributed by atoms with van der Waals surface area (Å²) in [6, 6.07) is 0. The number of hydrogen-bond donors (Lipinski definition) is 1. The van der Waals surface area contributed by atoms with Gasteiger partial charge in [-0.15, -0.1) is 0 Å². The van der Waals surface area contributed by atoms with Crippen molar-refractivity contribution >= 4 is 17.8 Å². The van der Waals surface area contributed by atoms with Crippen LogP contribution in [0.15, 0.2) is 12.2 Å². The highest BCUT2D eigenvalue weighted by molar-refractivity contribution is 5.91. The second-order valence-corrected chi connectivity index (χ2v) is 5.23. The lowest BCUT2D eigenvalue weighted by molar-refractivity contribution is -0.140. The number of ether oxygens (including phenoxy) is 2. The van der Waals surface area contributed by atoms with E-state index in [1.54, 1.807) is 6.92 Å². The number of amides is 1. The summed E-state index contributed by atoms with van der Waals surface area (Å²) in [5.41, 5.74) is 0. The van der Waals surface area contributed by atoms with Crippen LogP contribution in [0.3, 0.4) is 0 Å². The molecule has 0 heterocycles. The van der Waals surface area contributed by atoms with Crippen molar-refractivity contribution < 1.29 is 23.9 Å². The first-order valence-corrected chi connectivity index (χ1v) is 7.92. The summed E-state index contributed by atoms with van der Waals surface area (Å²) < 4.78 is 9.55. The molecule has 0 bridgehead atoms. The topological polar surface area (TPSA) is 81.7 Å². The molecule has 0 aromatic carbocycles. The maximum absolute atomic E-state index is 11.9. The van der Waals surface area contributed by atoms with Crippen LogP contribution < -0.4 is 5.32 Å². The summed E-state index contributed by atoms with van der Waals surface area (Å²) in [6.07, 6.45) is 8.05. The molecule has 0 radical (unpaired) electrons. The van der Waals surface area contributed by atoms with E-state index in [1.807, 2.05) is 0 Å². The lowest BCUT2D eigenvalue weighted by Gasteiger charge is -2.20. The molecule has 0 unspecified atom stereocenters. The minimum absolute atomic E-state index is 0.105. The lowest BCUT2D eigenvalue weighted by atomic mass is 9.89. The van der Waals surface area contributed by atoms with Crippen molar-refractivity contribution in [2.45, 2.75) is 45.4 Å². The molecule has 1 aliphatic carbocycles. The Balaban J connectivity index is 2.05. The van der Waals surface area contributed by atoms with Gasteiger partial charge < -0.3 is 14.8 Å². The van der Waals surface area contributed by atoms with Crippen LogP contribution in [0.1, 0.15) is 45.4 Å². The zero-order valence-corrected chi connectivity index (χ0v) is 13.1. The predicted octanol–water partition coefficient (Wildman–Crippen LogP) is 1.74. The minimum Gasteiger partial charge on any atom is -0.463 e. The molecular weight excluding hydrogens is 286 g/mol. The molecule has 0 saturated heterocycles. The second-order valence-electron chi connectivity index (χ2n) is 5.23. The summed E-state index contributed by atoms with van der Waals surface area (Å²) in [6.45, 7) is 2.64. The highest BCUT2D eigenvalue weighted by Crippen LogP contribution is 2.23. The van der Waals surface area contributed by atoms with Gasteiger partial charge in [-0.1, -0.05) is 19.3 Å². The smallest absolute Gasteiger partial charge is 0.331 e. The van der Waals surface area contributed by atoms with Crippen LogP contribution in [-0.4, -0.2) is 37.6 Å². The average Bonchev–Trinajstić information content (AvgIpc) is 2.53. The van der Waals surface area contributed by atoms with Crippen molar-refractivity contribution in [3.8, 4) is 0 Å². The third kappa shape index (κ3) is 7.81. The van der Waals surface area contributed by atoms with Crippen LogP contribution in [0.4, 0.5) is 0 Å². The fourth-order valence-electron chi connectivity index (χ4n) is 2.34. The number of carbonyl (C=O) groups excluding carboxylic acids is 3. The summed E-state index contributed by atoms with van der Waals surface area (Å²) in [7, 11) is 0. The number of hydrogen-bond acceptors (Lipinski definition) is 5. The van der Waals surface area contributed by atoms with Crippen molar-refractivity contribution in [2.24, 2.45) is 5.92 Å². The number of nitrogens with one attached hydrogen (secondary N) is 1. The molecule has 1 saturated carbocycles. The van der Waals surface area contributed by atoms with E-state index < -0.39 is 11.9 Å². The minimum atomic E-state index is -0.591. The van der Waals surface area contributed by atoms with Crippen LogP contribution in [0.5, 0.6) is 0 Å². The predicted molar refractivity (Wildman–Crippen MR) is 80.9 cm³/mol. The van der Waals surface area contributed by atoms with E-state index in [4.69, 9.17) is 4.74 Å². The van der Waals surface area contributed by atoms with Gasteiger partial charge >= 0.3 is 11.9 Å². The molecular formula is C16H25NO5. The van der Waals surface area contributed by atoms with Gasteiger partial charge in [-0.05, 0) is 26.2 Å². The standard InChI is InChI=1S/C16H25NO5/c1-2-21-14(18)9-10-15(19)22-12-6-11-17-16(20)13-7-4-3-5-8-13/h9-10,13H,2-8,11-12H2,1H3,(H,17,20)/b10-9+. The first kappa shape index (κ1) is 18.2. The lowest BCUT2D eigenvalue weighted by Crippen LogP contribution is -2.33. The monoisotopic (exact) mass is 311 g/mol. The molecule has 0 aromatic rings. The maximum Gasteiger partial charge on any atom is 0.331 e. The van der Waals surface area contributed by atoms with Crippen LogP contribution in [-0.2, 0) is 23.9 Å². The van der Waals surface area contributed by atoms with Gasteiger partial charge in [0.15, 0.2) is 0 Å². The van der Waals surface area contributed by atoms with Gasteiger partial charge in [0.2, 0.25) is 5.91 Å². The molecule has 1 rings (SSSR count). The molecule has 1 N–H and O–H groups in total. The number of rotatable bonds is 8. The highest BCUT2D eigenvalue weighted by Gasteiger charge is 2.20. The van der Waals surface area contributed by atoms with Crippen molar-refractivity contribution in [2.75, 3.05) is 19.8 Å². The Bertz CT molecular complexity index is 399. The maximum atomic E-state index is 11.9. The van der Waals surface area contributed by atoms with Gasteiger partial charge in [-0.2, -0.15) is 0 Å². The van der Waals surface area contributed by atoms with Crippen LogP contribution >= 0.6 is 0 Å². The van der Waals surface area contributed by atoms with Gasteiger partial charge in [0.1, 0.15) is 0 Å². The van der Waals surface area contributed by atoms with E-state index >= 15 is 0 Å². The Morgan fingerprint density at radius 3 is 2.32 bits per heavy atom. The molecule has 22 heavy (non-hydrogen) atoms. The van der Waals surface area contributed by atoms with E-state index in [1.165, 1.54) is 6.42 Å². The largest absolute Gasteiger partial charge is 0.463 e. The van der Waals surface area contributed by atoms with Crippen LogP contribution in [0, 0.1) is 5.92 Å². The SMILES string of the molecule is CCOC(=O)/C=C/C(=O)OCCCNC(=O)C1CCCCC1. The van der Waals surface area contributed by atoms with Gasteiger partial charge in [0.25, 0.3) is 0 Å². The van der Waals surface area contributed by atoms with E-state index in [0.29, 0.717) is 13.0 Å². The molecule has 1 fully saturated rings. The first-order chi connectivity index (χ1) is 10.6. The molecule has 0 aliphatic heterocycles. The molecule has 6 heteroatoms. The van der Waals surface area contributed by atoms with Crippen molar-refractivity contribution in [1.82, 2.24) is 5.32 Å². The fraction of sp³-hybridized carbons (Fsp3) is 0.688. The van der Waals surface area contributed by atoms with Crippen molar-refractivity contribution in [1.29, 1.82) is 0 Å².